The predicted molar refractivity (Wildman–Crippen MR) is 168 cm³/mol. The van der Waals surface area contributed by atoms with Crippen LogP contribution in [0, 0.1) is 13.8 Å². The Hall–Kier alpha value is -3.36. The molecule has 2 amide bonds. The van der Waals surface area contributed by atoms with E-state index >= 15 is 0 Å². The fourth-order valence-electron chi connectivity index (χ4n) is 5.43. The van der Waals surface area contributed by atoms with E-state index in [1.807, 2.05) is 45.0 Å². The smallest absolute Gasteiger partial charge is 0.264 e. The number of aryl methyl sites for hydroxylation is 2. The van der Waals surface area contributed by atoms with Crippen LogP contribution in [-0.4, -0.2) is 43.8 Å². The van der Waals surface area contributed by atoms with Crippen LogP contribution in [0.1, 0.15) is 62.1 Å². The zero-order valence-electron chi connectivity index (χ0n) is 24.6. The zero-order valence-corrected chi connectivity index (χ0v) is 26.1. The molecular formula is C33H40ClN3O4S. The molecule has 1 N–H and O–H groups in total. The molecule has 9 heteroatoms. The number of carbonyl (C=O) groups is 2. The van der Waals surface area contributed by atoms with E-state index < -0.39 is 28.5 Å². The van der Waals surface area contributed by atoms with Gasteiger partial charge >= 0.3 is 0 Å². The maximum absolute atomic E-state index is 14.3. The van der Waals surface area contributed by atoms with E-state index in [-0.39, 0.29) is 29.1 Å². The third kappa shape index (κ3) is 7.72. The molecule has 3 aromatic carbocycles. The molecule has 0 radical (unpaired) electrons. The van der Waals surface area contributed by atoms with Gasteiger partial charge < -0.3 is 10.2 Å². The average molecular weight is 610 g/mol. The monoisotopic (exact) mass is 609 g/mol. The van der Waals surface area contributed by atoms with Crippen LogP contribution in [0.2, 0.25) is 5.02 Å². The van der Waals surface area contributed by atoms with E-state index in [0.717, 1.165) is 53.1 Å². The number of nitrogens with zero attached hydrogens (tertiary/aromatic N) is 2. The van der Waals surface area contributed by atoms with Crippen molar-refractivity contribution in [3.8, 4) is 0 Å². The number of nitrogens with one attached hydrogen (secondary N) is 1. The van der Waals surface area contributed by atoms with Crippen molar-refractivity contribution in [2.75, 3.05) is 10.8 Å². The molecule has 4 rings (SSSR count). The first kappa shape index (κ1) is 31.6. The number of amides is 2. The number of hydrogen-bond acceptors (Lipinski definition) is 4. The van der Waals surface area contributed by atoms with E-state index in [4.69, 9.17) is 11.6 Å². The molecule has 0 aliphatic heterocycles. The molecule has 1 fully saturated rings. The van der Waals surface area contributed by atoms with Gasteiger partial charge in [0.25, 0.3) is 10.0 Å². The topological polar surface area (TPSA) is 86.8 Å². The van der Waals surface area contributed by atoms with E-state index in [0.29, 0.717) is 11.4 Å². The summed E-state index contributed by atoms with van der Waals surface area (Å²) >= 11 is 6.27. The number of rotatable bonds is 11. The van der Waals surface area contributed by atoms with Crippen molar-refractivity contribution >= 4 is 39.1 Å². The van der Waals surface area contributed by atoms with Crippen molar-refractivity contribution in [3.63, 3.8) is 0 Å². The molecular weight excluding hydrogens is 570 g/mol. The minimum absolute atomic E-state index is 0.0633. The Kier molecular flexibility index (Phi) is 10.7. The summed E-state index contributed by atoms with van der Waals surface area (Å²) in [6, 6.07) is 20.0. The lowest BCUT2D eigenvalue weighted by Crippen LogP contribution is -2.54. The second-order valence-corrected chi connectivity index (χ2v) is 13.3. The standard InChI is InChI=1S/C33H40ClN3O4S/c1-4-31(33(39)35-28-14-6-5-7-15-28)36(22-26-12-9-8-11-25(26)3)32(38)23-37(29-16-10-13-27(34)21-29)42(40,41)30-19-17-24(2)18-20-30/h8-13,16-21,28,31H,4-7,14-15,22-23H2,1-3H3,(H,35,39)/t31-/m0/s1. The van der Waals surface area contributed by atoms with E-state index in [1.165, 1.54) is 23.1 Å². The molecule has 42 heavy (non-hydrogen) atoms. The molecule has 1 atom stereocenters. The molecule has 1 aliphatic carbocycles. The molecule has 0 heterocycles. The summed E-state index contributed by atoms with van der Waals surface area (Å²) in [7, 11) is -4.15. The Labute approximate surface area is 254 Å². The predicted octanol–water partition coefficient (Wildman–Crippen LogP) is 6.41. The van der Waals surface area contributed by atoms with Crippen LogP contribution < -0.4 is 9.62 Å². The Morgan fingerprint density at radius 1 is 0.952 bits per heavy atom. The van der Waals surface area contributed by atoms with Gasteiger partial charge in [0.1, 0.15) is 12.6 Å². The highest BCUT2D eigenvalue weighted by molar-refractivity contribution is 7.92. The third-order valence-electron chi connectivity index (χ3n) is 7.92. The lowest BCUT2D eigenvalue weighted by molar-refractivity contribution is -0.140. The second-order valence-electron chi connectivity index (χ2n) is 11.0. The molecule has 1 aliphatic rings. The maximum atomic E-state index is 14.3. The molecule has 0 unspecified atom stereocenters. The van der Waals surface area contributed by atoms with Gasteiger partial charge in [-0.3, -0.25) is 13.9 Å². The van der Waals surface area contributed by atoms with Crippen LogP contribution in [0.25, 0.3) is 0 Å². The Morgan fingerprint density at radius 3 is 2.29 bits per heavy atom. The fourth-order valence-corrected chi connectivity index (χ4v) is 7.02. The summed E-state index contributed by atoms with van der Waals surface area (Å²) in [4.78, 5) is 29.5. The number of anilines is 1. The lowest BCUT2D eigenvalue weighted by Gasteiger charge is -2.34. The first-order valence-corrected chi connectivity index (χ1v) is 16.4. The zero-order chi connectivity index (χ0) is 30.3. The largest absolute Gasteiger partial charge is 0.352 e. The van der Waals surface area contributed by atoms with Gasteiger partial charge in [-0.1, -0.05) is 85.8 Å². The van der Waals surface area contributed by atoms with E-state index in [9.17, 15) is 18.0 Å². The number of carbonyl (C=O) groups excluding carboxylic acids is 2. The van der Waals surface area contributed by atoms with Gasteiger partial charge in [0.05, 0.1) is 10.6 Å². The van der Waals surface area contributed by atoms with Crippen molar-refractivity contribution in [2.45, 2.75) is 82.8 Å². The third-order valence-corrected chi connectivity index (χ3v) is 9.95. The average Bonchev–Trinajstić information content (AvgIpc) is 2.97. The maximum Gasteiger partial charge on any atom is 0.264 e. The first-order chi connectivity index (χ1) is 20.1. The molecule has 1 saturated carbocycles. The van der Waals surface area contributed by atoms with Gasteiger partial charge in [0, 0.05) is 17.6 Å². The molecule has 3 aromatic rings. The van der Waals surface area contributed by atoms with Crippen molar-refractivity contribution in [2.24, 2.45) is 0 Å². The summed E-state index contributed by atoms with van der Waals surface area (Å²) in [5, 5.41) is 3.52. The highest BCUT2D eigenvalue weighted by Gasteiger charge is 2.34. The van der Waals surface area contributed by atoms with Gasteiger partial charge in [-0.05, 0) is 74.6 Å². The first-order valence-electron chi connectivity index (χ1n) is 14.6. The fraction of sp³-hybridized carbons (Fsp3) is 0.394. The molecule has 224 valence electrons. The molecule has 0 aromatic heterocycles. The van der Waals surface area contributed by atoms with Crippen molar-refractivity contribution < 1.29 is 18.0 Å². The van der Waals surface area contributed by atoms with Crippen LogP contribution in [0.5, 0.6) is 0 Å². The number of halogens is 1. The quantitative estimate of drug-likeness (QED) is 0.272. The molecule has 0 spiro atoms. The SMILES string of the molecule is CC[C@@H](C(=O)NC1CCCCC1)N(Cc1ccccc1C)C(=O)CN(c1cccc(Cl)c1)S(=O)(=O)c1ccc(C)cc1. The number of sulfonamides is 1. The summed E-state index contributed by atoms with van der Waals surface area (Å²) in [5.41, 5.74) is 3.06. The van der Waals surface area contributed by atoms with Gasteiger partial charge in [0.2, 0.25) is 11.8 Å². The summed E-state index contributed by atoms with van der Waals surface area (Å²) < 4.78 is 29.1. The Morgan fingerprint density at radius 2 is 1.64 bits per heavy atom. The highest BCUT2D eigenvalue weighted by Crippen LogP contribution is 2.27. The summed E-state index contributed by atoms with van der Waals surface area (Å²) in [6.07, 6.45) is 5.53. The molecule has 0 bridgehead atoms. The minimum atomic E-state index is -4.15. The lowest BCUT2D eigenvalue weighted by atomic mass is 9.95. The van der Waals surface area contributed by atoms with Crippen LogP contribution in [0.15, 0.2) is 77.7 Å². The summed E-state index contributed by atoms with van der Waals surface area (Å²) in [5.74, 6) is -0.679. The molecule has 0 saturated heterocycles. The van der Waals surface area contributed by atoms with Crippen LogP contribution in [0.4, 0.5) is 5.69 Å². The second kappa shape index (κ2) is 14.2. The van der Waals surface area contributed by atoms with E-state index in [1.54, 1.807) is 30.3 Å². The van der Waals surface area contributed by atoms with Crippen LogP contribution in [-0.2, 0) is 26.2 Å². The molecule has 7 nitrogen and oxygen atoms in total. The Balaban J connectivity index is 1.71. The normalized spacial score (nSPS) is 14.7. The van der Waals surface area contributed by atoms with Crippen molar-refractivity contribution in [1.29, 1.82) is 0 Å². The summed E-state index contributed by atoms with van der Waals surface area (Å²) in [6.45, 7) is 5.40. The van der Waals surface area contributed by atoms with Gasteiger partial charge in [0.15, 0.2) is 0 Å². The Bertz CT molecular complexity index is 1490. The highest BCUT2D eigenvalue weighted by atomic mass is 35.5. The number of hydrogen-bond donors (Lipinski definition) is 1. The van der Waals surface area contributed by atoms with E-state index in [2.05, 4.69) is 5.32 Å². The van der Waals surface area contributed by atoms with Crippen LogP contribution >= 0.6 is 11.6 Å². The van der Waals surface area contributed by atoms with Gasteiger partial charge in [-0.15, -0.1) is 0 Å². The minimum Gasteiger partial charge on any atom is -0.352 e. The number of benzene rings is 3. The van der Waals surface area contributed by atoms with Gasteiger partial charge in [-0.2, -0.15) is 0 Å². The van der Waals surface area contributed by atoms with Crippen molar-refractivity contribution in [1.82, 2.24) is 10.2 Å². The van der Waals surface area contributed by atoms with Crippen LogP contribution in [0.3, 0.4) is 0 Å². The van der Waals surface area contributed by atoms with Crippen molar-refractivity contribution in [3.05, 3.63) is 94.5 Å². The van der Waals surface area contributed by atoms with Gasteiger partial charge in [-0.25, -0.2) is 8.42 Å².